The number of amides is 2. The minimum Gasteiger partial charge on any atom is -0.484 e. The van der Waals surface area contributed by atoms with Gasteiger partial charge in [-0.25, -0.2) is 4.79 Å². The molecule has 3 N–H and O–H groups in total. The van der Waals surface area contributed by atoms with Crippen LogP contribution in [0.25, 0.3) is 0 Å². The molecule has 8 heteroatoms. The molecule has 1 aromatic heterocycles. The standard InChI is InChI=1S/C16H16N2O5S/c1-9-12(16(21)22-2)15(24-13(9)14(17)20)18-11(19)8-23-10-6-4-3-5-7-10/h3-7H,8H2,1-2H3,(H2,17,20)(H,18,19). The first kappa shape index (κ1) is 17.5. The maximum atomic E-state index is 12.0. The molecular weight excluding hydrogens is 332 g/mol. The Kier molecular flexibility index (Phi) is 5.54. The zero-order valence-corrected chi connectivity index (χ0v) is 13.9. The first-order chi connectivity index (χ1) is 11.4. The summed E-state index contributed by atoms with van der Waals surface area (Å²) in [6.45, 7) is 1.33. The van der Waals surface area contributed by atoms with E-state index in [9.17, 15) is 14.4 Å². The fraction of sp³-hybridized carbons (Fsp3) is 0.188. The van der Waals surface area contributed by atoms with E-state index in [4.69, 9.17) is 15.2 Å². The summed E-state index contributed by atoms with van der Waals surface area (Å²) in [7, 11) is 1.22. The molecule has 2 rings (SSSR count). The molecule has 0 bridgehead atoms. The van der Waals surface area contributed by atoms with Gasteiger partial charge in [-0.2, -0.15) is 0 Å². The number of nitrogens with two attached hydrogens (primary N) is 1. The summed E-state index contributed by atoms with van der Waals surface area (Å²) in [5.74, 6) is -1.26. The average molecular weight is 348 g/mol. The Morgan fingerprint density at radius 2 is 1.88 bits per heavy atom. The third-order valence-electron chi connectivity index (χ3n) is 3.13. The summed E-state index contributed by atoms with van der Waals surface area (Å²) in [6.07, 6.45) is 0. The van der Waals surface area contributed by atoms with E-state index in [1.807, 2.05) is 6.07 Å². The smallest absolute Gasteiger partial charge is 0.341 e. The third kappa shape index (κ3) is 3.90. The normalized spacial score (nSPS) is 10.1. The van der Waals surface area contributed by atoms with E-state index >= 15 is 0 Å². The van der Waals surface area contributed by atoms with E-state index in [2.05, 4.69) is 5.32 Å². The first-order valence-corrected chi connectivity index (χ1v) is 7.75. The number of methoxy groups -OCH3 is 1. The van der Waals surface area contributed by atoms with Crippen LogP contribution in [0.5, 0.6) is 5.75 Å². The molecule has 1 heterocycles. The van der Waals surface area contributed by atoms with Crippen LogP contribution in [0.1, 0.15) is 25.6 Å². The minimum absolute atomic E-state index is 0.115. The molecule has 126 valence electrons. The van der Waals surface area contributed by atoms with E-state index in [1.165, 1.54) is 7.11 Å². The SMILES string of the molecule is COC(=O)c1c(NC(=O)COc2ccccc2)sc(C(N)=O)c1C. The lowest BCUT2D eigenvalue weighted by molar-refractivity contribution is -0.118. The van der Waals surface area contributed by atoms with Crippen molar-refractivity contribution in [1.82, 2.24) is 0 Å². The van der Waals surface area contributed by atoms with E-state index in [0.717, 1.165) is 11.3 Å². The van der Waals surface area contributed by atoms with Crippen LogP contribution in [-0.2, 0) is 9.53 Å². The van der Waals surface area contributed by atoms with Gasteiger partial charge in [-0.15, -0.1) is 11.3 Å². The van der Waals surface area contributed by atoms with Gasteiger partial charge < -0.3 is 20.5 Å². The van der Waals surface area contributed by atoms with Crippen LogP contribution in [0.4, 0.5) is 5.00 Å². The van der Waals surface area contributed by atoms with Crippen LogP contribution in [-0.4, -0.2) is 31.5 Å². The van der Waals surface area contributed by atoms with Crippen LogP contribution in [0.2, 0.25) is 0 Å². The van der Waals surface area contributed by atoms with Crippen LogP contribution in [0, 0.1) is 6.92 Å². The number of hydrogen-bond donors (Lipinski definition) is 2. The average Bonchev–Trinajstić information content (AvgIpc) is 2.89. The van der Waals surface area contributed by atoms with Crippen molar-refractivity contribution in [3.05, 3.63) is 46.3 Å². The van der Waals surface area contributed by atoms with E-state index in [0.29, 0.717) is 11.3 Å². The first-order valence-electron chi connectivity index (χ1n) is 6.93. The highest BCUT2D eigenvalue weighted by Crippen LogP contribution is 2.33. The van der Waals surface area contributed by atoms with Crippen molar-refractivity contribution in [3.8, 4) is 5.75 Å². The quantitative estimate of drug-likeness (QED) is 0.776. The Hall–Kier alpha value is -2.87. The van der Waals surface area contributed by atoms with Gasteiger partial charge in [0.25, 0.3) is 11.8 Å². The number of esters is 1. The number of hydrogen-bond acceptors (Lipinski definition) is 6. The molecule has 0 aliphatic rings. The van der Waals surface area contributed by atoms with Gasteiger partial charge in [0.1, 0.15) is 10.8 Å². The summed E-state index contributed by atoms with van der Waals surface area (Å²) in [5, 5.41) is 2.76. The van der Waals surface area contributed by atoms with E-state index in [-0.39, 0.29) is 22.0 Å². The number of thiophene rings is 1. The molecule has 0 spiro atoms. The fourth-order valence-electron chi connectivity index (χ4n) is 2.01. The van der Waals surface area contributed by atoms with Crippen LogP contribution >= 0.6 is 11.3 Å². The number of primary amides is 1. The zero-order chi connectivity index (χ0) is 17.7. The number of carbonyl (C=O) groups is 3. The fourth-order valence-corrected chi connectivity index (χ4v) is 3.08. The molecule has 2 amide bonds. The minimum atomic E-state index is -0.677. The monoisotopic (exact) mass is 348 g/mol. The summed E-state index contributed by atoms with van der Waals surface area (Å²) < 4.78 is 10.0. The number of carbonyl (C=O) groups excluding carboxylic acids is 3. The number of nitrogens with one attached hydrogen (secondary N) is 1. The molecule has 0 unspecified atom stereocenters. The number of benzene rings is 1. The van der Waals surface area contributed by atoms with E-state index in [1.54, 1.807) is 31.2 Å². The maximum Gasteiger partial charge on any atom is 0.341 e. The highest BCUT2D eigenvalue weighted by atomic mass is 32.1. The van der Waals surface area contributed by atoms with E-state index < -0.39 is 17.8 Å². The Labute approximate surface area is 142 Å². The zero-order valence-electron chi connectivity index (χ0n) is 13.1. The molecule has 0 saturated heterocycles. The van der Waals surface area contributed by atoms with Crippen molar-refractivity contribution in [2.75, 3.05) is 19.0 Å². The molecule has 0 saturated carbocycles. The Morgan fingerprint density at radius 1 is 1.21 bits per heavy atom. The predicted octanol–water partition coefficient (Wildman–Crippen LogP) is 1.96. The summed E-state index contributed by atoms with van der Waals surface area (Å²) in [4.78, 5) is 35.6. The molecule has 0 aliphatic heterocycles. The highest BCUT2D eigenvalue weighted by Gasteiger charge is 2.25. The van der Waals surface area contributed by atoms with Gasteiger partial charge in [-0.05, 0) is 24.6 Å². The molecule has 0 atom stereocenters. The van der Waals surface area contributed by atoms with Crippen molar-refractivity contribution < 1.29 is 23.9 Å². The molecule has 0 radical (unpaired) electrons. The van der Waals surface area contributed by atoms with Crippen molar-refractivity contribution in [1.29, 1.82) is 0 Å². The number of para-hydroxylation sites is 1. The van der Waals surface area contributed by atoms with Crippen LogP contribution in [0.3, 0.4) is 0 Å². The van der Waals surface area contributed by atoms with Gasteiger partial charge in [0.2, 0.25) is 0 Å². The molecule has 0 aliphatic carbocycles. The molecule has 0 fully saturated rings. The molecule has 2 aromatic rings. The van der Waals surface area contributed by atoms with Crippen molar-refractivity contribution >= 4 is 34.1 Å². The van der Waals surface area contributed by atoms with Crippen molar-refractivity contribution in [2.24, 2.45) is 5.73 Å². The number of ether oxygens (including phenoxy) is 2. The van der Waals surface area contributed by atoms with Gasteiger partial charge in [-0.3, -0.25) is 9.59 Å². The van der Waals surface area contributed by atoms with Crippen molar-refractivity contribution in [3.63, 3.8) is 0 Å². The second-order valence-electron chi connectivity index (χ2n) is 4.77. The third-order valence-corrected chi connectivity index (χ3v) is 4.35. The molecule has 1 aromatic carbocycles. The van der Waals surface area contributed by atoms with Gasteiger partial charge in [0.15, 0.2) is 6.61 Å². The molecule has 7 nitrogen and oxygen atoms in total. The van der Waals surface area contributed by atoms with Crippen molar-refractivity contribution in [2.45, 2.75) is 6.92 Å². The van der Waals surface area contributed by atoms with Gasteiger partial charge >= 0.3 is 5.97 Å². The maximum absolute atomic E-state index is 12.0. The van der Waals surface area contributed by atoms with Crippen LogP contribution in [0.15, 0.2) is 30.3 Å². The lowest BCUT2D eigenvalue weighted by atomic mass is 10.1. The number of anilines is 1. The lowest BCUT2D eigenvalue weighted by Gasteiger charge is -2.07. The van der Waals surface area contributed by atoms with Gasteiger partial charge in [0, 0.05) is 0 Å². The summed E-state index contributed by atoms with van der Waals surface area (Å²) in [5.41, 5.74) is 5.77. The largest absolute Gasteiger partial charge is 0.484 e. The lowest BCUT2D eigenvalue weighted by Crippen LogP contribution is -2.21. The topological polar surface area (TPSA) is 108 Å². The Morgan fingerprint density at radius 3 is 2.46 bits per heavy atom. The number of rotatable bonds is 6. The second-order valence-corrected chi connectivity index (χ2v) is 5.79. The summed E-state index contributed by atoms with van der Waals surface area (Å²) >= 11 is 0.925. The highest BCUT2D eigenvalue weighted by molar-refractivity contribution is 7.18. The summed E-state index contributed by atoms with van der Waals surface area (Å²) in [6, 6.07) is 8.82. The Bertz CT molecular complexity index is 770. The predicted molar refractivity (Wildman–Crippen MR) is 89.5 cm³/mol. The van der Waals surface area contributed by atoms with Crippen LogP contribution < -0.4 is 15.8 Å². The molecular formula is C16H16N2O5S. The van der Waals surface area contributed by atoms with Gasteiger partial charge in [-0.1, -0.05) is 18.2 Å². The second kappa shape index (κ2) is 7.60. The Balaban J connectivity index is 2.16. The van der Waals surface area contributed by atoms with Gasteiger partial charge in [0.05, 0.1) is 17.6 Å². The molecule has 24 heavy (non-hydrogen) atoms.